The van der Waals surface area contributed by atoms with Gasteiger partial charge in [-0.15, -0.1) is 0 Å². The minimum Gasteiger partial charge on any atom is -0.482 e. The molecule has 0 saturated heterocycles. The summed E-state index contributed by atoms with van der Waals surface area (Å²) in [5.74, 6) is 0.453. The van der Waals surface area contributed by atoms with Gasteiger partial charge < -0.3 is 23.4 Å². The number of esters is 1. The topological polar surface area (TPSA) is 84.2 Å². The van der Waals surface area contributed by atoms with Crippen LogP contribution in [0.5, 0.6) is 17.2 Å². The van der Waals surface area contributed by atoms with Crippen molar-refractivity contribution in [2.45, 2.75) is 0 Å². The fraction of sp³-hybridized carbons (Fsp3) is 0.154. The SMILES string of the molecule is COCCOC(=O)COc1ccc2c(=O)c(Oc3ccc(-c4ccccc4)cc3)coc2c1. The molecule has 4 aromatic rings. The van der Waals surface area contributed by atoms with Crippen LogP contribution in [-0.2, 0) is 14.3 Å². The van der Waals surface area contributed by atoms with E-state index >= 15 is 0 Å². The van der Waals surface area contributed by atoms with Gasteiger partial charge in [0.2, 0.25) is 11.2 Å². The van der Waals surface area contributed by atoms with Crippen molar-refractivity contribution in [2.75, 3.05) is 26.9 Å². The Balaban J connectivity index is 1.44. The second-order valence-electron chi connectivity index (χ2n) is 7.08. The van der Waals surface area contributed by atoms with Gasteiger partial charge in [0.1, 0.15) is 30.0 Å². The molecule has 33 heavy (non-hydrogen) atoms. The van der Waals surface area contributed by atoms with Crippen LogP contribution < -0.4 is 14.9 Å². The summed E-state index contributed by atoms with van der Waals surface area (Å²) >= 11 is 0. The minimum atomic E-state index is -0.518. The molecule has 168 valence electrons. The van der Waals surface area contributed by atoms with Crippen LogP contribution in [0, 0.1) is 0 Å². The van der Waals surface area contributed by atoms with Gasteiger partial charge in [0.15, 0.2) is 6.61 Å². The third-order valence-corrected chi connectivity index (χ3v) is 4.81. The molecule has 7 heteroatoms. The van der Waals surface area contributed by atoms with Gasteiger partial charge in [0.05, 0.1) is 12.0 Å². The van der Waals surface area contributed by atoms with Crippen molar-refractivity contribution in [3.05, 3.63) is 89.3 Å². The van der Waals surface area contributed by atoms with Gasteiger partial charge in [-0.1, -0.05) is 42.5 Å². The highest BCUT2D eigenvalue weighted by Gasteiger charge is 2.11. The molecule has 3 aromatic carbocycles. The molecule has 0 bridgehead atoms. The Morgan fingerprint density at radius 2 is 1.61 bits per heavy atom. The molecule has 0 unspecified atom stereocenters. The highest BCUT2D eigenvalue weighted by Crippen LogP contribution is 2.26. The van der Waals surface area contributed by atoms with Gasteiger partial charge in [-0.3, -0.25) is 4.79 Å². The molecule has 0 spiro atoms. The maximum absolute atomic E-state index is 12.8. The minimum absolute atomic E-state index is 0.0744. The van der Waals surface area contributed by atoms with E-state index in [-0.39, 0.29) is 24.4 Å². The van der Waals surface area contributed by atoms with Crippen LogP contribution in [0.15, 0.2) is 88.3 Å². The molecule has 7 nitrogen and oxygen atoms in total. The molecule has 0 saturated carbocycles. The van der Waals surface area contributed by atoms with Crippen molar-refractivity contribution in [2.24, 2.45) is 0 Å². The largest absolute Gasteiger partial charge is 0.482 e. The first-order valence-corrected chi connectivity index (χ1v) is 10.3. The maximum atomic E-state index is 12.8. The lowest BCUT2D eigenvalue weighted by molar-refractivity contribution is -0.147. The van der Waals surface area contributed by atoms with Crippen LogP contribution in [0.4, 0.5) is 0 Å². The Morgan fingerprint density at radius 1 is 0.879 bits per heavy atom. The Labute approximate surface area is 190 Å². The number of hydrogen-bond acceptors (Lipinski definition) is 7. The molecule has 0 aliphatic carbocycles. The van der Waals surface area contributed by atoms with E-state index in [2.05, 4.69) is 0 Å². The maximum Gasteiger partial charge on any atom is 0.344 e. The molecule has 0 N–H and O–H groups in total. The molecule has 0 atom stereocenters. The normalized spacial score (nSPS) is 10.7. The average molecular weight is 446 g/mol. The lowest BCUT2D eigenvalue weighted by Gasteiger charge is -2.09. The van der Waals surface area contributed by atoms with Crippen LogP contribution in [-0.4, -0.2) is 32.9 Å². The fourth-order valence-electron chi connectivity index (χ4n) is 3.15. The Bertz CT molecular complexity index is 1280. The first-order valence-electron chi connectivity index (χ1n) is 10.3. The standard InChI is InChI=1S/C26H22O7/c1-29-13-14-30-25(27)17-31-21-11-12-22-23(15-21)32-16-24(26(22)28)33-20-9-7-19(8-10-20)18-5-3-2-4-6-18/h2-12,15-16H,13-14,17H2,1H3. The summed E-state index contributed by atoms with van der Waals surface area (Å²) in [4.78, 5) is 24.5. The molecule has 4 rings (SSSR count). The number of rotatable bonds is 9. The van der Waals surface area contributed by atoms with E-state index in [4.69, 9.17) is 23.4 Å². The summed E-state index contributed by atoms with van der Waals surface area (Å²) in [5.41, 5.74) is 2.14. The first kappa shape index (κ1) is 22.1. The van der Waals surface area contributed by atoms with Crippen molar-refractivity contribution in [3.8, 4) is 28.4 Å². The van der Waals surface area contributed by atoms with Gasteiger partial charge >= 0.3 is 5.97 Å². The highest BCUT2D eigenvalue weighted by molar-refractivity contribution is 5.79. The van der Waals surface area contributed by atoms with E-state index in [0.717, 1.165) is 11.1 Å². The van der Waals surface area contributed by atoms with E-state index in [1.54, 1.807) is 24.3 Å². The highest BCUT2D eigenvalue weighted by atomic mass is 16.6. The van der Waals surface area contributed by atoms with Crippen LogP contribution in [0.3, 0.4) is 0 Å². The monoisotopic (exact) mass is 446 g/mol. The number of ether oxygens (including phenoxy) is 4. The summed E-state index contributed by atoms with van der Waals surface area (Å²) < 4.78 is 26.5. The Kier molecular flexibility index (Phi) is 7.02. The number of methoxy groups -OCH3 is 1. The van der Waals surface area contributed by atoms with E-state index in [1.165, 1.54) is 19.4 Å². The molecule has 0 aliphatic rings. The number of hydrogen-bond donors (Lipinski definition) is 0. The number of carbonyl (C=O) groups is 1. The quantitative estimate of drug-likeness (QED) is 0.269. The zero-order valence-electron chi connectivity index (χ0n) is 18.0. The van der Waals surface area contributed by atoms with Crippen LogP contribution in [0.25, 0.3) is 22.1 Å². The smallest absolute Gasteiger partial charge is 0.344 e. The second-order valence-corrected chi connectivity index (χ2v) is 7.08. The summed E-state index contributed by atoms with van der Waals surface area (Å²) in [5, 5.41) is 0.337. The van der Waals surface area contributed by atoms with Crippen LogP contribution in [0.2, 0.25) is 0 Å². The number of carbonyl (C=O) groups excluding carboxylic acids is 1. The third kappa shape index (κ3) is 5.58. The van der Waals surface area contributed by atoms with E-state index in [9.17, 15) is 9.59 Å². The van der Waals surface area contributed by atoms with E-state index < -0.39 is 5.97 Å². The molecule has 1 heterocycles. The van der Waals surface area contributed by atoms with Gasteiger partial charge in [0.25, 0.3) is 0 Å². The van der Waals surface area contributed by atoms with E-state index in [0.29, 0.717) is 29.1 Å². The zero-order chi connectivity index (χ0) is 23.0. The van der Waals surface area contributed by atoms with Crippen LogP contribution >= 0.6 is 0 Å². The summed E-state index contributed by atoms with van der Waals surface area (Å²) in [6.07, 6.45) is 1.26. The van der Waals surface area contributed by atoms with Crippen molar-refractivity contribution < 1.29 is 28.2 Å². The zero-order valence-corrected chi connectivity index (χ0v) is 18.0. The predicted octanol–water partition coefficient (Wildman–Crippen LogP) is 4.82. The number of benzene rings is 3. The lowest BCUT2D eigenvalue weighted by atomic mass is 10.1. The first-order chi connectivity index (χ1) is 16.1. The van der Waals surface area contributed by atoms with Crippen molar-refractivity contribution in [1.82, 2.24) is 0 Å². The second kappa shape index (κ2) is 10.5. The van der Waals surface area contributed by atoms with Gasteiger partial charge in [0, 0.05) is 13.2 Å². The van der Waals surface area contributed by atoms with Gasteiger partial charge in [-0.2, -0.15) is 0 Å². The summed E-state index contributed by atoms with van der Waals surface area (Å²) in [6.45, 7) is 0.205. The van der Waals surface area contributed by atoms with Gasteiger partial charge in [-0.25, -0.2) is 4.79 Å². The molecule has 0 amide bonds. The van der Waals surface area contributed by atoms with Crippen LogP contribution in [0.1, 0.15) is 0 Å². The number of fused-ring (bicyclic) bond motifs is 1. The molecule has 0 fully saturated rings. The molecular weight excluding hydrogens is 424 g/mol. The summed E-state index contributed by atoms with van der Waals surface area (Å²) in [7, 11) is 1.52. The Hall–Kier alpha value is -4.10. The Morgan fingerprint density at radius 3 is 2.36 bits per heavy atom. The molecule has 1 aromatic heterocycles. The summed E-state index contributed by atoms with van der Waals surface area (Å²) in [6, 6.07) is 22.1. The molecule has 0 aliphatic heterocycles. The predicted molar refractivity (Wildman–Crippen MR) is 123 cm³/mol. The van der Waals surface area contributed by atoms with Crippen molar-refractivity contribution >= 4 is 16.9 Å². The van der Waals surface area contributed by atoms with Crippen molar-refractivity contribution in [1.29, 1.82) is 0 Å². The van der Waals surface area contributed by atoms with Gasteiger partial charge in [-0.05, 0) is 35.4 Å². The van der Waals surface area contributed by atoms with Crippen molar-refractivity contribution in [3.63, 3.8) is 0 Å². The third-order valence-electron chi connectivity index (χ3n) is 4.81. The lowest BCUT2D eigenvalue weighted by Crippen LogP contribution is -2.17. The average Bonchev–Trinajstić information content (AvgIpc) is 2.85. The fourth-order valence-corrected chi connectivity index (χ4v) is 3.15. The van der Waals surface area contributed by atoms with E-state index in [1.807, 2.05) is 42.5 Å². The molecular formula is C26H22O7. The molecule has 0 radical (unpaired) electrons.